The summed E-state index contributed by atoms with van der Waals surface area (Å²) in [6.07, 6.45) is 10.3. The van der Waals surface area contributed by atoms with E-state index in [1.807, 2.05) is 11.8 Å². The summed E-state index contributed by atoms with van der Waals surface area (Å²) in [5.74, 6) is 4.65. The molecule has 0 aromatic rings. The van der Waals surface area contributed by atoms with Crippen LogP contribution in [0.1, 0.15) is 44.9 Å². The van der Waals surface area contributed by atoms with Gasteiger partial charge in [-0.2, -0.15) is 11.8 Å². The van der Waals surface area contributed by atoms with Gasteiger partial charge in [-0.05, 0) is 73.9 Å². The van der Waals surface area contributed by atoms with E-state index >= 15 is 0 Å². The number of rotatable bonds is 6. The van der Waals surface area contributed by atoms with Gasteiger partial charge in [0.15, 0.2) is 0 Å². The molecule has 0 saturated heterocycles. The van der Waals surface area contributed by atoms with Gasteiger partial charge >= 0.3 is 5.97 Å². The minimum atomic E-state index is -0.457. The summed E-state index contributed by atoms with van der Waals surface area (Å²) in [5.41, 5.74) is 6.43. The van der Waals surface area contributed by atoms with Gasteiger partial charge in [0.05, 0.1) is 7.11 Å². The highest BCUT2D eigenvalue weighted by atomic mass is 32.2. The number of methoxy groups -OCH3 is 1. The summed E-state index contributed by atoms with van der Waals surface area (Å²) in [4.78, 5) is 11.3. The monoisotopic (exact) mass is 297 g/mol. The minimum absolute atomic E-state index is 0.285. The van der Waals surface area contributed by atoms with Crippen molar-refractivity contribution in [3.8, 4) is 0 Å². The number of carbonyl (C=O) groups is 1. The highest BCUT2D eigenvalue weighted by Gasteiger charge is 2.50. The predicted octanol–water partition coefficient (Wildman–Crippen LogP) is 2.83. The zero-order valence-electron chi connectivity index (χ0n) is 12.5. The molecular formula is C16H27NO2S. The molecule has 0 aromatic carbocycles. The van der Waals surface area contributed by atoms with Crippen molar-refractivity contribution in [3.63, 3.8) is 0 Å². The second-order valence-electron chi connectivity index (χ2n) is 7.37. The first-order chi connectivity index (χ1) is 9.60. The van der Waals surface area contributed by atoms with Gasteiger partial charge in [0.2, 0.25) is 0 Å². The molecule has 4 saturated carbocycles. The molecule has 1 unspecified atom stereocenters. The third kappa shape index (κ3) is 3.01. The first-order valence-electron chi connectivity index (χ1n) is 8.01. The molecule has 3 nitrogen and oxygen atoms in total. The van der Waals surface area contributed by atoms with Crippen LogP contribution in [0.25, 0.3) is 0 Å². The quantitative estimate of drug-likeness (QED) is 0.605. The zero-order chi connectivity index (χ0) is 14.2. The molecule has 0 aliphatic heterocycles. The maximum atomic E-state index is 11.3. The van der Waals surface area contributed by atoms with Crippen LogP contribution in [0.3, 0.4) is 0 Å². The van der Waals surface area contributed by atoms with Crippen molar-refractivity contribution in [2.45, 2.75) is 51.0 Å². The summed E-state index contributed by atoms with van der Waals surface area (Å²) in [6, 6.07) is -0.457. The predicted molar refractivity (Wildman–Crippen MR) is 82.5 cm³/mol. The third-order valence-electron chi connectivity index (χ3n) is 5.74. The second-order valence-corrected chi connectivity index (χ2v) is 8.52. The molecule has 1 atom stereocenters. The summed E-state index contributed by atoms with van der Waals surface area (Å²) >= 11 is 1.83. The van der Waals surface area contributed by atoms with Crippen LogP contribution < -0.4 is 5.73 Å². The Hall–Kier alpha value is -0.220. The van der Waals surface area contributed by atoms with E-state index in [1.165, 1.54) is 52.1 Å². The summed E-state index contributed by atoms with van der Waals surface area (Å²) in [7, 11) is 1.41. The van der Waals surface area contributed by atoms with E-state index in [1.54, 1.807) is 0 Å². The van der Waals surface area contributed by atoms with Crippen molar-refractivity contribution in [3.05, 3.63) is 0 Å². The Morgan fingerprint density at radius 1 is 1.25 bits per heavy atom. The largest absolute Gasteiger partial charge is 0.468 e. The van der Waals surface area contributed by atoms with Crippen molar-refractivity contribution in [2.75, 3.05) is 18.6 Å². The first-order valence-corrected chi connectivity index (χ1v) is 9.17. The van der Waals surface area contributed by atoms with Crippen molar-refractivity contribution >= 4 is 17.7 Å². The van der Waals surface area contributed by atoms with E-state index in [4.69, 9.17) is 5.73 Å². The molecule has 4 heteroatoms. The molecule has 0 aromatic heterocycles. The number of hydrogen-bond acceptors (Lipinski definition) is 4. The van der Waals surface area contributed by atoms with Crippen LogP contribution in [-0.4, -0.2) is 30.6 Å². The van der Waals surface area contributed by atoms with E-state index < -0.39 is 6.04 Å². The van der Waals surface area contributed by atoms with Gasteiger partial charge in [-0.1, -0.05) is 0 Å². The maximum Gasteiger partial charge on any atom is 0.323 e. The van der Waals surface area contributed by atoms with Crippen LogP contribution in [0, 0.1) is 23.2 Å². The molecule has 4 fully saturated rings. The lowest BCUT2D eigenvalue weighted by molar-refractivity contribution is -0.141. The summed E-state index contributed by atoms with van der Waals surface area (Å²) < 4.78 is 4.67. The molecule has 4 bridgehead atoms. The number of carbonyl (C=O) groups excluding carboxylic acids is 1. The van der Waals surface area contributed by atoms with Crippen LogP contribution in [-0.2, 0) is 9.53 Å². The Kier molecular flexibility index (Phi) is 4.32. The third-order valence-corrected chi connectivity index (χ3v) is 6.83. The Morgan fingerprint density at radius 2 is 1.80 bits per heavy atom. The van der Waals surface area contributed by atoms with Crippen molar-refractivity contribution < 1.29 is 9.53 Å². The number of esters is 1. The molecule has 4 aliphatic rings. The van der Waals surface area contributed by atoms with Crippen LogP contribution in [0.15, 0.2) is 0 Å². The molecule has 0 heterocycles. The highest BCUT2D eigenvalue weighted by Crippen LogP contribution is 2.61. The van der Waals surface area contributed by atoms with Gasteiger partial charge in [0.25, 0.3) is 0 Å². The Labute approximate surface area is 126 Å². The smallest absolute Gasteiger partial charge is 0.323 e. The number of thioether (sulfide) groups is 1. The van der Waals surface area contributed by atoms with Crippen molar-refractivity contribution in [1.29, 1.82) is 0 Å². The normalized spacial score (nSPS) is 39.8. The van der Waals surface area contributed by atoms with Gasteiger partial charge in [0, 0.05) is 5.75 Å². The van der Waals surface area contributed by atoms with E-state index in [2.05, 4.69) is 4.74 Å². The lowest BCUT2D eigenvalue weighted by Crippen LogP contribution is -2.46. The molecule has 0 spiro atoms. The van der Waals surface area contributed by atoms with Gasteiger partial charge in [-0.3, -0.25) is 4.79 Å². The van der Waals surface area contributed by atoms with Gasteiger partial charge in [0.1, 0.15) is 6.04 Å². The second kappa shape index (κ2) is 5.88. The molecule has 2 N–H and O–H groups in total. The highest BCUT2D eigenvalue weighted by molar-refractivity contribution is 7.99. The van der Waals surface area contributed by atoms with Crippen molar-refractivity contribution in [1.82, 2.24) is 0 Å². The van der Waals surface area contributed by atoms with E-state index in [0.29, 0.717) is 11.2 Å². The Bertz CT molecular complexity index is 336. The molecule has 20 heavy (non-hydrogen) atoms. The SMILES string of the molecule is COC(=O)C(N)CSCCC12CC3CC(CC(C3)C1)C2. The maximum absolute atomic E-state index is 11.3. The number of nitrogens with two attached hydrogens (primary N) is 1. The molecular weight excluding hydrogens is 270 g/mol. The lowest BCUT2D eigenvalue weighted by Gasteiger charge is -2.57. The first kappa shape index (κ1) is 14.7. The van der Waals surface area contributed by atoms with Crippen LogP contribution in [0.4, 0.5) is 0 Å². The topological polar surface area (TPSA) is 52.3 Å². The molecule has 4 rings (SSSR count). The fourth-order valence-electron chi connectivity index (χ4n) is 5.31. The lowest BCUT2D eigenvalue weighted by atomic mass is 9.49. The molecule has 4 aliphatic carbocycles. The summed E-state index contributed by atoms with van der Waals surface area (Å²) in [5, 5.41) is 0. The fourth-order valence-corrected chi connectivity index (χ4v) is 6.45. The molecule has 0 radical (unpaired) electrons. The minimum Gasteiger partial charge on any atom is -0.468 e. The van der Waals surface area contributed by atoms with Crippen LogP contribution >= 0.6 is 11.8 Å². The van der Waals surface area contributed by atoms with Crippen molar-refractivity contribution in [2.24, 2.45) is 28.9 Å². The molecule has 114 valence electrons. The van der Waals surface area contributed by atoms with Gasteiger partial charge in [-0.15, -0.1) is 0 Å². The summed E-state index contributed by atoms with van der Waals surface area (Å²) in [6.45, 7) is 0. The average Bonchev–Trinajstić information content (AvgIpc) is 2.41. The van der Waals surface area contributed by atoms with Crippen LogP contribution in [0.2, 0.25) is 0 Å². The van der Waals surface area contributed by atoms with E-state index in [-0.39, 0.29) is 5.97 Å². The Balaban J connectivity index is 1.44. The van der Waals surface area contributed by atoms with Gasteiger partial charge < -0.3 is 10.5 Å². The van der Waals surface area contributed by atoms with E-state index in [9.17, 15) is 4.79 Å². The number of hydrogen-bond donors (Lipinski definition) is 1. The van der Waals surface area contributed by atoms with Crippen LogP contribution in [0.5, 0.6) is 0 Å². The molecule has 0 amide bonds. The number of ether oxygens (including phenoxy) is 1. The zero-order valence-corrected chi connectivity index (χ0v) is 13.3. The average molecular weight is 297 g/mol. The standard InChI is InChI=1S/C16H27NO2S/c1-19-15(18)14(17)10-20-3-2-16-7-11-4-12(8-16)6-13(5-11)9-16/h11-14H,2-10,17H2,1H3. The van der Waals surface area contributed by atoms with E-state index in [0.717, 1.165) is 23.5 Å². The van der Waals surface area contributed by atoms with Gasteiger partial charge in [-0.25, -0.2) is 0 Å². The fraction of sp³-hybridized carbons (Fsp3) is 0.938. The Morgan fingerprint density at radius 3 is 2.30 bits per heavy atom.